The monoisotopic (exact) mass is 277 g/mol. The molecule has 2 aromatic rings. The van der Waals surface area contributed by atoms with E-state index in [0.717, 1.165) is 0 Å². The Kier molecular flexibility index (Phi) is 4.37. The summed E-state index contributed by atoms with van der Waals surface area (Å²) in [6.45, 7) is 0.253. The van der Waals surface area contributed by atoms with Crippen LogP contribution in [0.2, 0.25) is 0 Å². The highest BCUT2D eigenvalue weighted by atomic mass is 16.5. The fraction of sp³-hybridized carbons (Fsp3) is 0.286. The fourth-order valence-corrected chi connectivity index (χ4v) is 1.88. The van der Waals surface area contributed by atoms with Crippen molar-refractivity contribution in [3.05, 3.63) is 36.1 Å². The van der Waals surface area contributed by atoms with Crippen LogP contribution in [-0.2, 0) is 9.53 Å². The van der Waals surface area contributed by atoms with Crippen LogP contribution in [0.15, 0.2) is 34.9 Å². The summed E-state index contributed by atoms with van der Waals surface area (Å²) >= 11 is 0. The molecule has 2 N–H and O–H groups in total. The largest absolute Gasteiger partial charge is 0.480 e. The van der Waals surface area contributed by atoms with Crippen LogP contribution in [0.4, 0.5) is 0 Å². The lowest BCUT2D eigenvalue weighted by Gasteiger charge is -2.13. The molecule has 0 spiro atoms. The van der Waals surface area contributed by atoms with E-state index < -0.39 is 17.9 Å². The van der Waals surface area contributed by atoms with E-state index in [2.05, 4.69) is 5.32 Å². The number of carboxylic acids is 1. The Balaban J connectivity index is 2.16. The Morgan fingerprint density at radius 2 is 2.15 bits per heavy atom. The van der Waals surface area contributed by atoms with Crippen LogP contribution in [0.25, 0.3) is 11.0 Å². The highest BCUT2D eigenvalue weighted by Gasteiger charge is 2.22. The molecule has 0 fully saturated rings. The number of fused-ring (bicyclic) bond motifs is 1. The molecule has 0 radical (unpaired) electrons. The number of carboxylic acid groups (broad SMARTS) is 1. The molecule has 2 rings (SSSR count). The summed E-state index contributed by atoms with van der Waals surface area (Å²) < 4.78 is 10.1. The van der Waals surface area contributed by atoms with Crippen molar-refractivity contribution in [3.8, 4) is 0 Å². The number of benzene rings is 1. The molecule has 106 valence electrons. The quantitative estimate of drug-likeness (QED) is 0.838. The summed E-state index contributed by atoms with van der Waals surface area (Å²) in [6, 6.07) is 6.08. The van der Waals surface area contributed by atoms with E-state index in [-0.39, 0.29) is 13.0 Å². The van der Waals surface area contributed by atoms with Gasteiger partial charge in [0.05, 0.1) is 5.56 Å². The van der Waals surface area contributed by atoms with E-state index in [9.17, 15) is 9.59 Å². The predicted molar refractivity (Wildman–Crippen MR) is 71.6 cm³/mol. The second-order valence-corrected chi connectivity index (χ2v) is 4.29. The van der Waals surface area contributed by atoms with Crippen molar-refractivity contribution in [2.24, 2.45) is 0 Å². The van der Waals surface area contributed by atoms with Crippen molar-refractivity contribution in [1.82, 2.24) is 5.32 Å². The highest BCUT2D eigenvalue weighted by Crippen LogP contribution is 2.20. The molecule has 1 aromatic carbocycles. The molecule has 0 aliphatic carbocycles. The third kappa shape index (κ3) is 2.97. The molecule has 20 heavy (non-hydrogen) atoms. The molecule has 1 atom stereocenters. The molecule has 0 saturated carbocycles. The van der Waals surface area contributed by atoms with Crippen molar-refractivity contribution >= 4 is 22.8 Å². The topological polar surface area (TPSA) is 88.8 Å². The number of carbonyl (C=O) groups is 2. The van der Waals surface area contributed by atoms with Gasteiger partial charge in [0.25, 0.3) is 5.91 Å². The molecule has 1 amide bonds. The number of amides is 1. The van der Waals surface area contributed by atoms with E-state index in [1.165, 1.54) is 13.4 Å². The van der Waals surface area contributed by atoms with Gasteiger partial charge in [-0.3, -0.25) is 4.79 Å². The number of rotatable bonds is 6. The maximum absolute atomic E-state index is 12.1. The fourth-order valence-electron chi connectivity index (χ4n) is 1.88. The van der Waals surface area contributed by atoms with Crippen molar-refractivity contribution < 1.29 is 23.8 Å². The Hall–Kier alpha value is -2.34. The zero-order valence-electron chi connectivity index (χ0n) is 11.0. The van der Waals surface area contributed by atoms with Crippen LogP contribution in [0.3, 0.4) is 0 Å². The number of carbonyl (C=O) groups excluding carboxylic acids is 1. The summed E-state index contributed by atoms with van der Waals surface area (Å²) in [5.74, 6) is -1.57. The third-order valence-electron chi connectivity index (χ3n) is 2.94. The lowest BCUT2D eigenvalue weighted by Crippen LogP contribution is -2.41. The first-order chi connectivity index (χ1) is 9.63. The van der Waals surface area contributed by atoms with Crippen molar-refractivity contribution in [3.63, 3.8) is 0 Å². The second-order valence-electron chi connectivity index (χ2n) is 4.29. The van der Waals surface area contributed by atoms with Gasteiger partial charge >= 0.3 is 5.97 Å². The Bertz CT molecular complexity index is 619. The lowest BCUT2D eigenvalue weighted by molar-refractivity contribution is -0.139. The van der Waals surface area contributed by atoms with Gasteiger partial charge < -0.3 is 19.6 Å². The van der Waals surface area contributed by atoms with Crippen LogP contribution in [0.1, 0.15) is 16.8 Å². The first-order valence-corrected chi connectivity index (χ1v) is 6.12. The predicted octanol–water partition coefficient (Wildman–Crippen LogP) is 1.65. The summed E-state index contributed by atoms with van der Waals surface area (Å²) in [4.78, 5) is 23.2. The van der Waals surface area contributed by atoms with Crippen LogP contribution in [0, 0.1) is 0 Å². The van der Waals surface area contributed by atoms with Gasteiger partial charge in [-0.05, 0) is 6.07 Å². The van der Waals surface area contributed by atoms with Gasteiger partial charge in [0.1, 0.15) is 17.9 Å². The molecule has 1 aromatic heterocycles. The van der Waals surface area contributed by atoms with Gasteiger partial charge in [-0.1, -0.05) is 18.2 Å². The number of hydrogen-bond donors (Lipinski definition) is 2. The second kappa shape index (κ2) is 6.21. The molecule has 0 bridgehead atoms. The summed E-state index contributed by atoms with van der Waals surface area (Å²) in [5, 5.41) is 12.2. The molecule has 1 unspecified atom stereocenters. The Labute approximate surface area is 115 Å². The molecule has 1 heterocycles. The summed E-state index contributed by atoms with van der Waals surface area (Å²) in [6.07, 6.45) is 1.53. The van der Waals surface area contributed by atoms with E-state index in [4.69, 9.17) is 14.3 Å². The summed E-state index contributed by atoms with van der Waals surface area (Å²) in [7, 11) is 1.48. The number of ether oxygens (including phenoxy) is 1. The minimum Gasteiger partial charge on any atom is -0.480 e. The van der Waals surface area contributed by atoms with Gasteiger partial charge in [0.15, 0.2) is 0 Å². The molecule has 0 aliphatic heterocycles. The zero-order chi connectivity index (χ0) is 14.5. The van der Waals surface area contributed by atoms with Crippen LogP contribution >= 0.6 is 0 Å². The number of methoxy groups -OCH3 is 1. The maximum Gasteiger partial charge on any atom is 0.326 e. The van der Waals surface area contributed by atoms with Gasteiger partial charge in [0, 0.05) is 25.5 Å². The van der Waals surface area contributed by atoms with Gasteiger partial charge in [-0.2, -0.15) is 0 Å². The molecule has 0 aliphatic rings. The highest BCUT2D eigenvalue weighted by molar-refractivity contribution is 6.06. The SMILES string of the molecule is COCCC(NC(=O)c1coc2ccccc12)C(=O)O. The van der Waals surface area contributed by atoms with Crippen LogP contribution < -0.4 is 5.32 Å². The Morgan fingerprint density at radius 3 is 2.85 bits per heavy atom. The average molecular weight is 277 g/mol. The van der Waals surface area contributed by atoms with Crippen molar-refractivity contribution in [1.29, 1.82) is 0 Å². The number of hydrogen-bond acceptors (Lipinski definition) is 4. The van der Waals surface area contributed by atoms with E-state index in [1.807, 2.05) is 0 Å². The van der Waals surface area contributed by atoms with Crippen LogP contribution in [-0.4, -0.2) is 36.7 Å². The van der Waals surface area contributed by atoms with E-state index in [0.29, 0.717) is 16.5 Å². The van der Waals surface area contributed by atoms with E-state index >= 15 is 0 Å². The first kappa shape index (κ1) is 14.1. The molecular formula is C14H15NO5. The van der Waals surface area contributed by atoms with Crippen molar-refractivity contribution in [2.75, 3.05) is 13.7 Å². The average Bonchev–Trinajstić information content (AvgIpc) is 2.87. The van der Waals surface area contributed by atoms with E-state index in [1.54, 1.807) is 24.3 Å². The lowest BCUT2D eigenvalue weighted by atomic mass is 10.1. The molecule has 6 nitrogen and oxygen atoms in total. The number of furan rings is 1. The third-order valence-corrected chi connectivity index (χ3v) is 2.94. The smallest absolute Gasteiger partial charge is 0.326 e. The molecular weight excluding hydrogens is 262 g/mol. The normalized spacial score (nSPS) is 12.2. The maximum atomic E-state index is 12.1. The van der Waals surface area contributed by atoms with Crippen LogP contribution in [0.5, 0.6) is 0 Å². The Morgan fingerprint density at radius 1 is 1.40 bits per heavy atom. The molecule has 0 saturated heterocycles. The number of nitrogens with one attached hydrogen (secondary N) is 1. The minimum absolute atomic E-state index is 0.202. The standard InChI is InChI=1S/C14H15NO5/c1-19-7-6-11(14(17)18)15-13(16)10-8-20-12-5-3-2-4-9(10)12/h2-5,8,11H,6-7H2,1H3,(H,15,16)(H,17,18). The zero-order valence-corrected chi connectivity index (χ0v) is 11.0. The molecule has 6 heteroatoms. The number of para-hydroxylation sites is 1. The number of aliphatic carboxylic acids is 1. The van der Waals surface area contributed by atoms with Gasteiger partial charge in [0.2, 0.25) is 0 Å². The minimum atomic E-state index is -1.09. The van der Waals surface area contributed by atoms with Gasteiger partial charge in [-0.15, -0.1) is 0 Å². The van der Waals surface area contributed by atoms with Crippen molar-refractivity contribution in [2.45, 2.75) is 12.5 Å². The van der Waals surface area contributed by atoms with Gasteiger partial charge in [-0.25, -0.2) is 4.79 Å². The first-order valence-electron chi connectivity index (χ1n) is 6.12. The summed E-state index contributed by atoms with van der Waals surface area (Å²) in [5.41, 5.74) is 0.908.